The Hall–Kier alpha value is -0.480. The fourth-order valence-electron chi connectivity index (χ4n) is 0.970. The van der Waals surface area contributed by atoms with Crippen LogP contribution in [0.15, 0.2) is 0 Å². The van der Waals surface area contributed by atoms with E-state index in [1.165, 1.54) is 6.92 Å². The Morgan fingerprint density at radius 1 is 1.50 bits per heavy atom. The molecule has 2 atom stereocenters. The molecule has 0 aromatic heterocycles. The lowest BCUT2D eigenvalue weighted by atomic mass is 10.1. The molecular formula is C8H11Cl2NO3. The van der Waals surface area contributed by atoms with E-state index in [4.69, 9.17) is 33.7 Å². The molecule has 0 aromatic rings. The Morgan fingerprint density at radius 2 is 1.93 bits per heavy atom. The molecule has 1 aliphatic carbocycles. The van der Waals surface area contributed by atoms with Crippen molar-refractivity contribution in [2.75, 3.05) is 0 Å². The summed E-state index contributed by atoms with van der Waals surface area (Å²) in [4.78, 5) is 22.1. The molecule has 1 saturated carbocycles. The molecule has 4 nitrogen and oxygen atoms in total. The fraction of sp³-hybridized carbons (Fsp3) is 0.750. The highest BCUT2D eigenvalue weighted by atomic mass is 35.5. The number of hydrogen-bond donors (Lipinski definition) is 1. The van der Waals surface area contributed by atoms with Crippen LogP contribution in [0, 0.1) is 5.41 Å². The maximum Gasteiger partial charge on any atom is 0.315 e. The molecule has 0 aromatic carbocycles. The highest BCUT2D eigenvalue weighted by Crippen LogP contribution is 2.64. The van der Waals surface area contributed by atoms with E-state index in [-0.39, 0.29) is 0 Å². The molecule has 2 N–H and O–H groups in total. The molecule has 0 aliphatic heterocycles. The van der Waals surface area contributed by atoms with Gasteiger partial charge in [-0.1, -0.05) is 0 Å². The molecule has 1 aliphatic rings. The Labute approximate surface area is 91.7 Å². The Kier molecular flexibility index (Phi) is 2.71. The Morgan fingerprint density at radius 3 is 2.21 bits per heavy atom. The van der Waals surface area contributed by atoms with Gasteiger partial charge in [-0.05, 0) is 13.8 Å². The van der Waals surface area contributed by atoms with Gasteiger partial charge in [0, 0.05) is 6.42 Å². The van der Waals surface area contributed by atoms with Crippen molar-refractivity contribution in [3.05, 3.63) is 0 Å². The topological polar surface area (TPSA) is 69.4 Å². The molecule has 1 amide bonds. The number of halogens is 2. The number of hydrogen-bond acceptors (Lipinski definition) is 3. The van der Waals surface area contributed by atoms with Gasteiger partial charge >= 0.3 is 5.97 Å². The minimum absolute atomic E-state index is 0.327. The molecule has 14 heavy (non-hydrogen) atoms. The summed E-state index contributed by atoms with van der Waals surface area (Å²) in [6.45, 7) is 2.99. The second-order valence-electron chi connectivity index (χ2n) is 3.66. The first kappa shape index (κ1) is 11.6. The maximum absolute atomic E-state index is 11.5. The van der Waals surface area contributed by atoms with Crippen molar-refractivity contribution in [3.8, 4) is 0 Å². The molecule has 80 valence electrons. The van der Waals surface area contributed by atoms with Crippen molar-refractivity contribution in [2.45, 2.75) is 30.7 Å². The van der Waals surface area contributed by atoms with Crippen LogP contribution < -0.4 is 5.73 Å². The van der Waals surface area contributed by atoms with Gasteiger partial charge in [-0.15, -0.1) is 23.2 Å². The summed E-state index contributed by atoms with van der Waals surface area (Å²) in [5.74, 6) is -1.29. The van der Waals surface area contributed by atoms with Crippen molar-refractivity contribution in [1.82, 2.24) is 0 Å². The van der Waals surface area contributed by atoms with Gasteiger partial charge in [-0.25, -0.2) is 0 Å². The Bertz CT molecular complexity index is 292. The third-order valence-corrected chi connectivity index (χ3v) is 3.49. The van der Waals surface area contributed by atoms with Crippen molar-refractivity contribution in [1.29, 1.82) is 0 Å². The largest absolute Gasteiger partial charge is 0.452 e. The minimum Gasteiger partial charge on any atom is -0.452 e. The number of amides is 1. The van der Waals surface area contributed by atoms with Crippen LogP contribution in [0.3, 0.4) is 0 Å². The normalized spacial score (nSPS) is 30.6. The monoisotopic (exact) mass is 239 g/mol. The zero-order valence-corrected chi connectivity index (χ0v) is 9.35. The second-order valence-corrected chi connectivity index (χ2v) is 5.15. The summed E-state index contributed by atoms with van der Waals surface area (Å²) in [5, 5.41) is 0. The number of rotatable bonds is 3. The zero-order chi connectivity index (χ0) is 11.1. The quantitative estimate of drug-likeness (QED) is 0.590. The average molecular weight is 240 g/mol. The third-order valence-electron chi connectivity index (χ3n) is 2.39. The fourth-order valence-corrected chi connectivity index (χ4v) is 1.66. The average Bonchev–Trinajstić information content (AvgIpc) is 2.52. The van der Waals surface area contributed by atoms with Gasteiger partial charge in [0.2, 0.25) is 0 Å². The number of primary amides is 1. The van der Waals surface area contributed by atoms with Crippen LogP contribution in [0.5, 0.6) is 0 Å². The van der Waals surface area contributed by atoms with Crippen molar-refractivity contribution < 1.29 is 14.3 Å². The number of nitrogens with two attached hydrogens (primary N) is 1. The molecular weight excluding hydrogens is 229 g/mol. The molecule has 0 heterocycles. The number of alkyl halides is 2. The van der Waals surface area contributed by atoms with Crippen molar-refractivity contribution >= 4 is 35.1 Å². The van der Waals surface area contributed by atoms with Gasteiger partial charge in [0.05, 0.1) is 0 Å². The summed E-state index contributed by atoms with van der Waals surface area (Å²) in [7, 11) is 0. The number of carbonyl (C=O) groups excluding carboxylic acids is 2. The van der Waals surface area contributed by atoms with Crippen LogP contribution >= 0.6 is 23.2 Å². The first-order valence-corrected chi connectivity index (χ1v) is 4.84. The summed E-state index contributed by atoms with van der Waals surface area (Å²) in [6, 6.07) is 0. The molecule has 0 radical (unpaired) electrons. The van der Waals surface area contributed by atoms with Crippen LogP contribution in [-0.4, -0.2) is 22.3 Å². The van der Waals surface area contributed by atoms with Crippen molar-refractivity contribution in [2.24, 2.45) is 11.1 Å². The number of esters is 1. The molecule has 0 spiro atoms. The van der Waals surface area contributed by atoms with Crippen molar-refractivity contribution in [3.63, 3.8) is 0 Å². The number of ether oxygens (including phenoxy) is 1. The predicted molar refractivity (Wildman–Crippen MR) is 51.9 cm³/mol. The van der Waals surface area contributed by atoms with Crippen LogP contribution in [0.2, 0.25) is 0 Å². The van der Waals surface area contributed by atoms with Crippen LogP contribution in [0.4, 0.5) is 0 Å². The van der Waals surface area contributed by atoms with E-state index >= 15 is 0 Å². The zero-order valence-electron chi connectivity index (χ0n) is 7.84. The summed E-state index contributed by atoms with van der Waals surface area (Å²) >= 11 is 11.5. The van der Waals surface area contributed by atoms with Gasteiger partial charge in [0.1, 0.15) is 9.75 Å². The van der Waals surface area contributed by atoms with E-state index in [9.17, 15) is 9.59 Å². The maximum atomic E-state index is 11.5. The highest BCUT2D eigenvalue weighted by molar-refractivity contribution is 6.53. The predicted octanol–water partition coefficient (Wildman–Crippen LogP) is 0.987. The van der Waals surface area contributed by atoms with E-state index in [2.05, 4.69) is 0 Å². The summed E-state index contributed by atoms with van der Waals surface area (Å²) in [5.41, 5.74) is 4.02. The van der Waals surface area contributed by atoms with Gasteiger partial charge < -0.3 is 10.5 Å². The van der Waals surface area contributed by atoms with E-state index in [0.29, 0.717) is 6.42 Å². The first-order valence-electron chi connectivity index (χ1n) is 4.09. The first-order chi connectivity index (χ1) is 6.21. The van der Waals surface area contributed by atoms with E-state index in [0.717, 1.165) is 0 Å². The van der Waals surface area contributed by atoms with Crippen LogP contribution in [-0.2, 0) is 14.3 Å². The smallest absolute Gasteiger partial charge is 0.315 e. The molecule has 0 saturated heterocycles. The van der Waals surface area contributed by atoms with E-state index in [1.54, 1.807) is 6.92 Å². The SMILES string of the molecule is C[C@H](OC(=O)[C@]1(C)CC1(Cl)Cl)C(N)=O. The summed E-state index contributed by atoms with van der Waals surface area (Å²) < 4.78 is 3.71. The highest BCUT2D eigenvalue weighted by Gasteiger charge is 2.69. The minimum atomic E-state index is -1.08. The summed E-state index contributed by atoms with van der Waals surface area (Å²) in [6.07, 6.45) is -0.628. The van der Waals surface area contributed by atoms with Gasteiger partial charge in [-0.3, -0.25) is 9.59 Å². The third kappa shape index (κ3) is 1.81. The van der Waals surface area contributed by atoms with E-state index in [1.807, 2.05) is 0 Å². The second kappa shape index (κ2) is 3.28. The lowest BCUT2D eigenvalue weighted by molar-refractivity contribution is -0.158. The van der Waals surface area contributed by atoms with E-state index < -0.39 is 27.7 Å². The number of carbonyl (C=O) groups is 2. The van der Waals surface area contributed by atoms with Crippen LogP contribution in [0.1, 0.15) is 20.3 Å². The molecule has 6 heteroatoms. The molecule has 1 fully saturated rings. The van der Waals surface area contributed by atoms with Gasteiger partial charge in [-0.2, -0.15) is 0 Å². The lowest BCUT2D eigenvalue weighted by Gasteiger charge is -2.14. The molecule has 1 rings (SSSR count). The van der Waals surface area contributed by atoms with Gasteiger partial charge in [0.25, 0.3) is 5.91 Å². The standard InChI is InChI=1S/C8H11Cl2NO3/c1-4(5(11)12)14-6(13)7(2)3-8(7,9)10/h4H,3H2,1-2H3,(H2,11,12)/t4-,7-/m0/s1. The Balaban J connectivity index is 2.57. The molecule has 0 bridgehead atoms. The van der Waals surface area contributed by atoms with Gasteiger partial charge in [0.15, 0.2) is 6.10 Å². The van der Waals surface area contributed by atoms with Crippen LogP contribution in [0.25, 0.3) is 0 Å². The molecule has 0 unspecified atom stereocenters. The lowest BCUT2D eigenvalue weighted by Crippen LogP contribution is -2.34.